The lowest BCUT2D eigenvalue weighted by atomic mass is 10.0. The molecule has 0 bridgehead atoms. The zero-order valence-electron chi connectivity index (χ0n) is 36.1. The zero-order chi connectivity index (χ0) is 38.6. The van der Waals surface area contributed by atoms with E-state index in [9.17, 15) is 15.0 Å². The number of nitrogens with one attached hydrogen (secondary N) is 1. The zero-order valence-corrected chi connectivity index (χ0v) is 36.1. The van der Waals surface area contributed by atoms with Crippen LogP contribution in [-0.4, -0.2) is 34.9 Å². The van der Waals surface area contributed by atoms with Crippen molar-refractivity contribution < 1.29 is 15.0 Å². The minimum absolute atomic E-state index is 0.0618. The predicted octanol–water partition coefficient (Wildman–Crippen LogP) is 15.2. The van der Waals surface area contributed by atoms with Crippen LogP contribution >= 0.6 is 0 Å². The summed E-state index contributed by atoms with van der Waals surface area (Å²) in [6, 6.07) is -0.620. The monoisotopic (exact) mass is 746 g/mol. The third kappa shape index (κ3) is 41.9. The summed E-state index contributed by atoms with van der Waals surface area (Å²) in [7, 11) is 0. The van der Waals surface area contributed by atoms with Gasteiger partial charge in [-0.15, -0.1) is 0 Å². The number of hydrogen-bond donors (Lipinski definition) is 3. The molecular formula is C49H95NO3. The Morgan fingerprint density at radius 3 is 1.04 bits per heavy atom. The highest BCUT2D eigenvalue weighted by atomic mass is 16.3. The van der Waals surface area contributed by atoms with E-state index in [-0.39, 0.29) is 12.5 Å². The predicted molar refractivity (Wildman–Crippen MR) is 235 cm³/mol. The van der Waals surface area contributed by atoms with E-state index in [0.29, 0.717) is 6.42 Å². The molecule has 0 aromatic carbocycles. The molecule has 0 fully saturated rings. The first-order valence-electron chi connectivity index (χ1n) is 24.1. The highest BCUT2D eigenvalue weighted by Crippen LogP contribution is 2.16. The van der Waals surface area contributed by atoms with Crippen molar-refractivity contribution in [1.82, 2.24) is 5.32 Å². The highest BCUT2D eigenvalue weighted by molar-refractivity contribution is 5.76. The Morgan fingerprint density at radius 1 is 0.434 bits per heavy atom. The molecule has 0 radical (unpaired) electrons. The van der Waals surface area contributed by atoms with Crippen LogP contribution in [0, 0.1) is 0 Å². The molecule has 4 nitrogen and oxygen atoms in total. The molecule has 314 valence electrons. The molecule has 0 aromatic heterocycles. The molecule has 0 aliphatic carbocycles. The molecule has 1 amide bonds. The fourth-order valence-electron chi connectivity index (χ4n) is 7.47. The van der Waals surface area contributed by atoms with E-state index in [1.807, 2.05) is 6.08 Å². The van der Waals surface area contributed by atoms with Gasteiger partial charge in [-0.2, -0.15) is 0 Å². The second kappa shape index (κ2) is 45.3. The molecule has 0 rings (SSSR count). The number of allylic oxidation sites excluding steroid dienone is 3. The second-order valence-corrected chi connectivity index (χ2v) is 16.5. The van der Waals surface area contributed by atoms with Gasteiger partial charge in [0.1, 0.15) is 0 Å². The lowest BCUT2D eigenvalue weighted by molar-refractivity contribution is -0.123. The van der Waals surface area contributed by atoms with Crippen LogP contribution in [-0.2, 0) is 4.79 Å². The van der Waals surface area contributed by atoms with E-state index in [2.05, 4.69) is 31.3 Å². The van der Waals surface area contributed by atoms with Crippen LogP contribution in [0.15, 0.2) is 24.3 Å². The molecule has 0 spiro atoms. The van der Waals surface area contributed by atoms with Gasteiger partial charge in [-0.1, -0.05) is 237 Å². The van der Waals surface area contributed by atoms with Crippen LogP contribution in [0.3, 0.4) is 0 Å². The molecule has 0 aliphatic rings. The standard InChI is InChI=1S/C49H95NO3/c1-3-5-7-9-11-13-15-17-19-21-23-24-25-26-27-29-31-33-35-37-39-41-43-45-49(53)50-47(46-51)48(52)44-42-40-38-36-34-32-30-28-22-20-18-16-14-12-10-8-6-4-2/h21,23,42,44,47-48,51-52H,3-20,22,24-41,43,45-46H2,1-2H3,(H,50,53)/b23-21-,44-42+. The van der Waals surface area contributed by atoms with Gasteiger partial charge < -0.3 is 15.5 Å². The Kier molecular flexibility index (Phi) is 44.3. The van der Waals surface area contributed by atoms with Gasteiger partial charge in [0.2, 0.25) is 5.91 Å². The maximum Gasteiger partial charge on any atom is 0.220 e. The van der Waals surface area contributed by atoms with Gasteiger partial charge in [0, 0.05) is 6.42 Å². The third-order valence-electron chi connectivity index (χ3n) is 11.2. The van der Waals surface area contributed by atoms with Gasteiger partial charge >= 0.3 is 0 Å². The summed E-state index contributed by atoms with van der Waals surface area (Å²) in [5.41, 5.74) is 0. The van der Waals surface area contributed by atoms with E-state index in [4.69, 9.17) is 0 Å². The number of aliphatic hydroxyl groups is 2. The molecule has 4 heteroatoms. The van der Waals surface area contributed by atoms with Gasteiger partial charge in [0.25, 0.3) is 0 Å². The van der Waals surface area contributed by atoms with E-state index < -0.39 is 12.1 Å². The average Bonchev–Trinajstić information content (AvgIpc) is 3.16. The summed E-state index contributed by atoms with van der Waals surface area (Å²) < 4.78 is 0. The average molecular weight is 746 g/mol. The number of rotatable bonds is 44. The van der Waals surface area contributed by atoms with Gasteiger partial charge in [-0.3, -0.25) is 4.79 Å². The van der Waals surface area contributed by atoms with Crippen molar-refractivity contribution in [2.24, 2.45) is 0 Å². The minimum Gasteiger partial charge on any atom is -0.394 e. The molecule has 0 aromatic rings. The van der Waals surface area contributed by atoms with Crippen LogP contribution in [0.1, 0.15) is 264 Å². The first-order valence-corrected chi connectivity index (χ1v) is 24.1. The van der Waals surface area contributed by atoms with Crippen molar-refractivity contribution in [3.63, 3.8) is 0 Å². The van der Waals surface area contributed by atoms with Gasteiger partial charge in [-0.25, -0.2) is 0 Å². The first kappa shape index (κ1) is 51.9. The lowest BCUT2D eigenvalue weighted by Crippen LogP contribution is -2.45. The molecule has 0 heterocycles. The largest absolute Gasteiger partial charge is 0.394 e. The maximum absolute atomic E-state index is 12.4. The Hall–Kier alpha value is -1.13. The highest BCUT2D eigenvalue weighted by Gasteiger charge is 2.18. The van der Waals surface area contributed by atoms with Crippen LogP contribution in [0.25, 0.3) is 0 Å². The van der Waals surface area contributed by atoms with Crippen molar-refractivity contribution >= 4 is 5.91 Å². The van der Waals surface area contributed by atoms with Crippen LogP contribution < -0.4 is 5.32 Å². The summed E-state index contributed by atoms with van der Waals surface area (Å²) in [6.45, 7) is 4.33. The van der Waals surface area contributed by atoms with E-state index in [0.717, 1.165) is 25.7 Å². The van der Waals surface area contributed by atoms with Crippen LogP contribution in [0.5, 0.6) is 0 Å². The third-order valence-corrected chi connectivity index (χ3v) is 11.2. The number of aliphatic hydroxyl groups excluding tert-OH is 2. The first-order chi connectivity index (χ1) is 26.2. The normalized spacial score (nSPS) is 13.1. The Labute approximate surface area is 332 Å². The van der Waals surface area contributed by atoms with Crippen molar-refractivity contribution in [2.75, 3.05) is 6.61 Å². The smallest absolute Gasteiger partial charge is 0.220 e. The topological polar surface area (TPSA) is 69.6 Å². The SMILES string of the molecule is CCCCCCCCCC/C=C\CCCCCCCCCCCCCC(=O)NC(CO)C(O)/C=C/CCCCCCCCCCCCCCCCCC. The number of carbonyl (C=O) groups is 1. The quantitative estimate of drug-likeness (QED) is 0.0430. The molecule has 0 aliphatic heterocycles. The Balaban J connectivity index is 3.52. The van der Waals surface area contributed by atoms with Crippen LogP contribution in [0.2, 0.25) is 0 Å². The Morgan fingerprint density at radius 2 is 0.717 bits per heavy atom. The fraction of sp³-hybridized carbons (Fsp3) is 0.898. The summed E-state index contributed by atoms with van der Waals surface area (Å²) in [4.78, 5) is 12.4. The molecule has 0 saturated heterocycles. The van der Waals surface area contributed by atoms with E-state index in [1.165, 1.54) is 218 Å². The van der Waals surface area contributed by atoms with Crippen molar-refractivity contribution in [3.8, 4) is 0 Å². The molecule has 0 saturated carbocycles. The lowest BCUT2D eigenvalue weighted by Gasteiger charge is -2.20. The van der Waals surface area contributed by atoms with Crippen molar-refractivity contribution in [1.29, 1.82) is 0 Å². The van der Waals surface area contributed by atoms with E-state index in [1.54, 1.807) is 6.08 Å². The van der Waals surface area contributed by atoms with Gasteiger partial charge in [0.05, 0.1) is 18.8 Å². The number of amides is 1. The number of hydrogen-bond acceptors (Lipinski definition) is 3. The Bertz CT molecular complexity index is 765. The number of carbonyl (C=O) groups excluding carboxylic acids is 1. The van der Waals surface area contributed by atoms with Gasteiger partial charge in [0.15, 0.2) is 0 Å². The minimum atomic E-state index is -0.837. The summed E-state index contributed by atoms with van der Waals surface area (Å²) in [6.07, 6.45) is 58.7. The molecular weight excluding hydrogens is 651 g/mol. The van der Waals surface area contributed by atoms with Crippen molar-refractivity contribution in [2.45, 2.75) is 276 Å². The maximum atomic E-state index is 12.4. The molecule has 53 heavy (non-hydrogen) atoms. The second-order valence-electron chi connectivity index (χ2n) is 16.5. The summed E-state index contributed by atoms with van der Waals surface area (Å²) in [5.74, 6) is -0.0618. The number of unbranched alkanes of at least 4 members (excludes halogenated alkanes) is 35. The molecule has 3 N–H and O–H groups in total. The van der Waals surface area contributed by atoms with Crippen molar-refractivity contribution in [3.05, 3.63) is 24.3 Å². The summed E-state index contributed by atoms with van der Waals surface area (Å²) in [5, 5.41) is 23.1. The van der Waals surface area contributed by atoms with Gasteiger partial charge in [-0.05, 0) is 44.9 Å². The van der Waals surface area contributed by atoms with Crippen LogP contribution in [0.4, 0.5) is 0 Å². The summed E-state index contributed by atoms with van der Waals surface area (Å²) >= 11 is 0. The molecule has 2 atom stereocenters. The molecule has 2 unspecified atom stereocenters. The fourth-order valence-corrected chi connectivity index (χ4v) is 7.47. The van der Waals surface area contributed by atoms with E-state index >= 15 is 0 Å².